The Morgan fingerprint density at radius 2 is 2.00 bits per heavy atom. The molecule has 2 heterocycles. The summed E-state index contributed by atoms with van der Waals surface area (Å²) in [7, 11) is 0. The van der Waals surface area contributed by atoms with E-state index in [0.29, 0.717) is 0 Å². The predicted octanol–water partition coefficient (Wildman–Crippen LogP) is 3.01. The molecule has 1 fully saturated rings. The fourth-order valence-corrected chi connectivity index (χ4v) is 3.26. The molecule has 0 saturated carbocycles. The predicted molar refractivity (Wildman–Crippen MR) is 85.1 cm³/mol. The highest BCUT2D eigenvalue weighted by Crippen LogP contribution is 2.14. The molecule has 1 saturated heterocycles. The van der Waals surface area contributed by atoms with Crippen molar-refractivity contribution in [1.82, 2.24) is 9.88 Å². The minimum atomic E-state index is 0.827. The van der Waals surface area contributed by atoms with Crippen LogP contribution in [0, 0.1) is 5.92 Å². The number of rotatable bonds is 6. The van der Waals surface area contributed by atoms with Gasteiger partial charge in [-0.1, -0.05) is 28.9 Å². The largest absolute Gasteiger partial charge is 0.354 e. The molecule has 106 valence electrons. The van der Waals surface area contributed by atoms with Crippen LogP contribution in [0.15, 0.2) is 24.4 Å². The van der Waals surface area contributed by atoms with Crippen LogP contribution >= 0.6 is 15.9 Å². The van der Waals surface area contributed by atoms with E-state index in [1.807, 2.05) is 12.3 Å². The van der Waals surface area contributed by atoms with Crippen molar-refractivity contribution >= 4 is 21.7 Å². The van der Waals surface area contributed by atoms with Gasteiger partial charge in [-0.2, -0.15) is 0 Å². The van der Waals surface area contributed by atoms with Gasteiger partial charge >= 0.3 is 0 Å². The first-order valence-corrected chi connectivity index (χ1v) is 8.36. The number of hydrogen-bond acceptors (Lipinski definition) is 3. The Labute approximate surface area is 125 Å². The number of pyridine rings is 1. The number of anilines is 1. The van der Waals surface area contributed by atoms with Crippen molar-refractivity contribution in [1.29, 1.82) is 0 Å². The summed E-state index contributed by atoms with van der Waals surface area (Å²) in [6.45, 7) is 8.12. The van der Waals surface area contributed by atoms with Crippen LogP contribution in [0.5, 0.6) is 0 Å². The molecule has 1 aliphatic heterocycles. The van der Waals surface area contributed by atoms with Crippen LogP contribution in [0.1, 0.15) is 19.8 Å². The van der Waals surface area contributed by atoms with Gasteiger partial charge in [-0.15, -0.1) is 0 Å². The summed E-state index contributed by atoms with van der Waals surface area (Å²) in [6.07, 6.45) is 4.48. The molecule has 2 rings (SSSR count). The zero-order valence-corrected chi connectivity index (χ0v) is 13.3. The second-order valence-corrected chi connectivity index (χ2v) is 6.18. The number of halogens is 1. The Hall–Kier alpha value is -0.610. The third kappa shape index (κ3) is 4.77. The highest BCUT2D eigenvalue weighted by molar-refractivity contribution is 9.09. The molecule has 0 aromatic carbocycles. The van der Waals surface area contributed by atoms with Crippen LogP contribution in [0.3, 0.4) is 0 Å². The molecular formula is C15H24BrN3. The molecule has 1 aliphatic rings. The van der Waals surface area contributed by atoms with E-state index in [-0.39, 0.29) is 0 Å². The second kappa shape index (κ2) is 7.85. The topological polar surface area (TPSA) is 19.4 Å². The van der Waals surface area contributed by atoms with Crippen LogP contribution in [-0.2, 0) is 0 Å². The molecule has 0 amide bonds. The maximum Gasteiger partial charge on any atom is 0.128 e. The van der Waals surface area contributed by atoms with Crippen LogP contribution in [-0.4, -0.2) is 47.9 Å². The molecule has 0 aliphatic carbocycles. The van der Waals surface area contributed by atoms with Crippen LogP contribution in [0.4, 0.5) is 5.82 Å². The van der Waals surface area contributed by atoms with Crippen molar-refractivity contribution in [3.63, 3.8) is 0 Å². The van der Waals surface area contributed by atoms with Crippen molar-refractivity contribution in [2.75, 3.05) is 43.0 Å². The zero-order chi connectivity index (χ0) is 13.5. The van der Waals surface area contributed by atoms with E-state index in [0.717, 1.165) is 43.2 Å². The average molecular weight is 326 g/mol. The molecule has 1 unspecified atom stereocenters. The lowest BCUT2D eigenvalue weighted by Gasteiger charge is -2.35. The number of aromatic nitrogens is 1. The van der Waals surface area contributed by atoms with E-state index < -0.39 is 0 Å². The van der Waals surface area contributed by atoms with Gasteiger partial charge < -0.3 is 4.90 Å². The molecular weight excluding hydrogens is 302 g/mol. The minimum absolute atomic E-state index is 0.827. The molecule has 1 aromatic rings. The van der Waals surface area contributed by atoms with Crippen LogP contribution in [0.25, 0.3) is 0 Å². The van der Waals surface area contributed by atoms with Gasteiger partial charge in [-0.05, 0) is 37.4 Å². The molecule has 19 heavy (non-hydrogen) atoms. The summed E-state index contributed by atoms with van der Waals surface area (Å²) in [5.74, 6) is 1.95. The van der Waals surface area contributed by atoms with E-state index in [4.69, 9.17) is 0 Å². The van der Waals surface area contributed by atoms with Crippen molar-refractivity contribution in [2.24, 2.45) is 5.92 Å². The Morgan fingerprint density at radius 1 is 1.21 bits per heavy atom. The third-order valence-electron chi connectivity index (χ3n) is 3.89. The van der Waals surface area contributed by atoms with Crippen molar-refractivity contribution in [3.8, 4) is 0 Å². The first-order chi connectivity index (χ1) is 9.29. The summed E-state index contributed by atoms with van der Waals surface area (Å²) in [6, 6.07) is 6.15. The normalized spacial score (nSPS) is 18.5. The van der Waals surface area contributed by atoms with Gasteiger partial charge in [0, 0.05) is 37.7 Å². The molecule has 3 nitrogen and oxygen atoms in total. The van der Waals surface area contributed by atoms with E-state index in [1.165, 1.54) is 19.4 Å². The SMILES string of the molecule is CC(CCBr)CCN1CCN(c2ccccn2)CC1. The lowest BCUT2D eigenvalue weighted by molar-refractivity contribution is 0.239. The maximum atomic E-state index is 4.43. The van der Waals surface area contributed by atoms with Crippen LogP contribution in [0.2, 0.25) is 0 Å². The highest BCUT2D eigenvalue weighted by atomic mass is 79.9. The number of piperazine rings is 1. The van der Waals surface area contributed by atoms with Crippen molar-refractivity contribution < 1.29 is 0 Å². The van der Waals surface area contributed by atoms with Gasteiger partial charge in [-0.3, -0.25) is 4.90 Å². The first kappa shape index (κ1) is 14.8. The lowest BCUT2D eigenvalue weighted by atomic mass is 10.0. The van der Waals surface area contributed by atoms with Gasteiger partial charge in [0.2, 0.25) is 0 Å². The van der Waals surface area contributed by atoms with E-state index in [9.17, 15) is 0 Å². The van der Waals surface area contributed by atoms with Crippen molar-refractivity contribution in [3.05, 3.63) is 24.4 Å². The Kier molecular flexibility index (Phi) is 6.11. The lowest BCUT2D eigenvalue weighted by Crippen LogP contribution is -2.47. The van der Waals surface area contributed by atoms with E-state index in [1.54, 1.807) is 0 Å². The van der Waals surface area contributed by atoms with Gasteiger partial charge in [-0.25, -0.2) is 4.98 Å². The average Bonchev–Trinajstić information content (AvgIpc) is 2.47. The van der Waals surface area contributed by atoms with Crippen molar-refractivity contribution in [2.45, 2.75) is 19.8 Å². The monoisotopic (exact) mass is 325 g/mol. The van der Waals surface area contributed by atoms with E-state index in [2.05, 4.69) is 49.8 Å². The summed E-state index contributed by atoms with van der Waals surface area (Å²) in [5.41, 5.74) is 0. The first-order valence-electron chi connectivity index (χ1n) is 7.24. The Bertz CT molecular complexity index is 350. The summed E-state index contributed by atoms with van der Waals surface area (Å²) in [5, 5.41) is 1.13. The molecule has 1 aromatic heterocycles. The van der Waals surface area contributed by atoms with Gasteiger partial charge in [0.25, 0.3) is 0 Å². The van der Waals surface area contributed by atoms with Gasteiger partial charge in [0.05, 0.1) is 0 Å². The van der Waals surface area contributed by atoms with Crippen LogP contribution < -0.4 is 4.90 Å². The fraction of sp³-hybridized carbons (Fsp3) is 0.667. The molecule has 4 heteroatoms. The summed E-state index contributed by atoms with van der Waals surface area (Å²) < 4.78 is 0. The summed E-state index contributed by atoms with van der Waals surface area (Å²) >= 11 is 3.52. The second-order valence-electron chi connectivity index (χ2n) is 5.39. The Morgan fingerprint density at radius 3 is 2.63 bits per heavy atom. The molecule has 1 atom stereocenters. The summed E-state index contributed by atoms with van der Waals surface area (Å²) in [4.78, 5) is 9.40. The van der Waals surface area contributed by atoms with E-state index >= 15 is 0 Å². The Balaban J connectivity index is 1.71. The number of alkyl halides is 1. The standard InChI is InChI=1S/C15H24BrN3/c1-14(5-7-16)6-9-18-10-12-19(13-11-18)15-4-2-3-8-17-15/h2-4,8,14H,5-7,9-13H2,1H3. The smallest absolute Gasteiger partial charge is 0.128 e. The third-order valence-corrected chi connectivity index (χ3v) is 4.34. The molecule has 0 N–H and O–H groups in total. The molecule has 0 radical (unpaired) electrons. The fourth-order valence-electron chi connectivity index (χ4n) is 2.47. The number of nitrogens with zero attached hydrogens (tertiary/aromatic N) is 3. The number of hydrogen-bond donors (Lipinski definition) is 0. The van der Waals surface area contributed by atoms with Gasteiger partial charge in [0.15, 0.2) is 0 Å². The maximum absolute atomic E-state index is 4.43. The molecule has 0 spiro atoms. The zero-order valence-electron chi connectivity index (χ0n) is 11.8. The van der Waals surface area contributed by atoms with Gasteiger partial charge in [0.1, 0.15) is 5.82 Å². The molecule has 0 bridgehead atoms. The minimum Gasteiger partial charge on any atom is -0.354 e. The highest BCUT2D eigenvalue weighted by Gasteiger charge is 2.17. The quantitative estimate of drug-likeness (QED) is 0.749.